The van der Waals surface area contributed by atoms with E-state index in [9.17, 15) is 20.1 Å². The quantitative estimate of drug-likeness (QED) is 0.228. The molecule has 2 aliphatic rings. The van der Waals surface area contributed by atoms with E-state index in [1.165, 1.54) is 13.3 Å². The summed E-state index contributed by atoms with van der Waals surface area (Å²) >= 11 is 6.49. The van der Waals surface area contributed by atoms with Crippen molar-refractivity contribution in [2.45, 2.75) is 43.0 Å². The molecule has 12 heteroatoms. The summed E-state index contributed by atoms with van der Waals surface area (Å²) < 4.78 is 27.4. The van der Waals surface area contributed by atoms with Crippen molar-refractivity contribution in [1.82, 2.24) is 0 Å². The van der Waals surface area contributed by atoms with Crippen molar-refractivity contribution >= 4 is 24.0 Å². The number of rotatable bonds is 10. The zero-order valence-corrected chi connectivity index (χ0v) is 21.7. The molecule has 2 fully saturated rings. The summed E-state index contributed by atoms with van der Waals surface area (Å²) in [5, 5.41) is 36.4. The number of aliphatic hydroxyl groups excluding tert-OH is 3. The summed E-state index contributed by atoms with van der Waals surface area (Å²) in [4.78, 5) is 16.3. The Bertz CT molecular complexity index is 1150. The SMILES string of the molecule is CCOC(=O)OC[C@@]12CO[C@@](c3ccc(Cl)c(Cc4ccc(OCC=NOC)cc4)c3)(O1)[C@H](O)[C@@H](O)[C@@H]2O. The molecule has 0 aliphatic carbocycles. The number of hydrogen-bond donors (Lipinski definition) is 3. The largest absolute Gasteiger partial charge is 0.508 e. The summed E-state index contributed by atoms with van der Waals surface area (Å²) in [6.45, 7) is 1.28. The Morgan fingerprint density at radius 1 is 1.16 bits per heavy atom. The van der Waals surface area contributed by atoms with E-state index < -0.39 is 42.5 Å². The summed E-state index contributed by atoms with van der Waals surface area (Å²) in [7, 11) is 1.45. The Morgan fingerprint density at radius 2 is 1.92 bits per heavy atom. The van der Waals surface area contributed by atoms with Crippen molar-refractivity contribution in [3.8, 4) is 5.75 Å². The Balaban J connectivity index is 1.54. The lowest BCUT2D eigenvalue weighted by Gasteiger charge is -2.46. The number of carbonyl (C=O) groups is 1. The molecule has 206 valence electrons. The van der Waals surface area contributed by atoms with Gasteiger partial charge in [0.05, 0.1) is 19.4 Å². The highest BCUT2D eigenvalue weighted by atomic mass is 35.5. The molecule has 2 aliphatic heterocycles. The highest BCUT2D eigenvalue weighted by Gasteiger charge is 2.67. The fourth-order valence-electron chi connectivity index (χ4n) is 4.49. The average Bonchev–Trinajstić information content (AvgIpc) is 3.30. The van der Waals surface area contributed by atoms with Gasteiger partial charge >= 0.3 is 6.16 Å². The normalized spacial score (nSPS) is 28.3. The van der Waals surface area contributed by atoms with Crippen molar-refractivity contribution < 1.29 is 48.6 Å². The second-order valence-electron chi connectivity index (χ2n) is 8.88. The van der Waals surface area contributed by atoms with Gasteiger partial charge in [0.2, 0.25) is 5.79 Å². The molecule has 5 atom stereocenters. The van der Waals surface area contributed by atoms with Gasteiger partial charge in [0.15, 0.2) is 5.60 Å². The smallest absolute Gasteiger partial charge is 0.488 e. The first-order chi connectivity index (χ1) is 18.2. The Morgan fingerprint density at radius 3 is 2.63 bits per heavy atom. The Hall–Kier alpha value is -2.93. The minimum Gasteiger partial charge on any atom is -0.488 e. The minimum absolute atomic E-state index is 0.101. The molecule has 0 aromatic heterocycles. The van der Waals surface area contributed by atoms with Gasteiger partial charge in [-0.1, -0.05) is 35.0 Å². The lowest BCUT2D eigenvalue weighted by Crippen LogP contribution is -2.65. The minimum atomic E-state index is -1.82. The van der Waals surface area contributed by atoms with E-state index in [0.717, 1.165) is 5.56 Å². The molecule has 2 heterocycles. The predicted molar refractivity (Wildman–Crippen MR) is 134 cm³/mol. The van der Waals surface area contributed by atoms with E-state index in [-0.39, 0.29) is 19.8 Å². The summed E-state index contributed by atoms with van der Waals surface area (Å²) in [5.41, 5.74) is 0.407. The third kappa shape index (κ3) is 5.58. The van der Waals surface area contributed by atoms with Crippen LogP contribution >= 0.6 is 11.6 Å². The molecule has 4 rings (SSSR count). The van der Waals surface area contributed by atoms with Crippen molar-refractivity contribution in [3.05, 3.63) is 64.2 Å². The molecule has 0 saturated carbocycles. The third-order valence-corrected chi connectivity index (χ3v) is 6.80. The lowest BCUT2D eigenvalue weighted by molar-refractivity contribution is -0.329. The van der Waals surface area contributed by atoms with Crippen LogP contribution in [-0.2, 0) is 36.0 Å². The molecule has 3 N–H and O–H groups in total. The van der Waals surface area contributed by atoms with Crippen LogP contribution in [0.5, 0.6) is 5.75 Å². The van der Waals surface area contributed by atoms with Gasteiger partial charge in [0.25, 0.3) is 0 Å². The Kier molecular flexibility index (Phi) is 8.76. The number of oxime groups is 1. The molecule has 2 saturated heterocycles. The first kappa shape index (κ1) is 28.1. The molecule has 0 amide bonds. The number of nitrogens with zero attached hydrogens (tertiary/aromatic N) is 1. The number of aliphatic hydroxyl groups is 3. The maximum atomic E-state index is 11.7. The number of ether oxygens (including phenoxy) is 5. The molecule has 0 unspecified atom stereocenters. The van der Waals surface area contributed by atoms with Crippen LogP contribution in [0.2, 0.25) is 5.02 Å². The van der Waals surface area contributed by atoms with Crippen LogP contribution in [0.15, 0.2) is 47.6 Å². The maximum absolute atomic E-state index is 11.7. The molecule has 2 aromatic carbocycles. The molecule has 2 bridgehead atoms. The van der Waals surface area contributed by atoms with Crippen LogP contribution in [0, 0.1) is 0 Å². The van der Waals surface area contributed by atoms with Gasteiger partial charge in [-0.15, -0.1) is 0 Å². The molecule has 38 heavy (non-hydrogen) atoms. The standard InChI is InChI=1S/C26H30ClNO10/c1-3-34-24(32)36-14-25-15-37-26(38-25,23(31)21(29)22(25)30)18-6-9-20(27)17(13-18)12-16-4-7-19(8-5-16)35-11-10-28-33-2/h4-10,13,21-23,29-31H,3,11-12,14-15H2,1-2H3/t21-,22-,23+,25-,26-/m0/s1. The zero-order chi connectivity index (χ0) is 27.3. The number of hydrogen-bond acceptors (Lipinski definition) is 11. The number of halogens is 1. The first-order valence-electron chi connectivity index (χ1n) is 12.0. The van der Waals surface area contributed by atoms with Crippen LogP contribution in [-0.4, -0.2) is 85.1 Å². The molecular weight excluding hydrogens is 522 g/mol. The van der Waals surface area contributed by atoms with Gasteiger partial charge in [0.1, 0.15) is 44.4 Å². The van der Waals surface area contributed by atoms with Crippen LogP contribution in [0.4, 0.5) is 4.79 Å². The topological polar surface area (TPSA) is 146 Å². The van der Waals surface area contributed by atoms with E-state index in [4.69, 9.17) is 35.3 Å². The Labute approximate surface area is 224 Å². The fraction of sp³-hybridized carbons (Fsp3) is 0.462. The highest BCUT2D eigenvalue weighted by molar-refractivity contribution is 6.31. The molecule has 0 radical (unpaired) electrons. The molecule has 2 aromatic rings. The average molecular weight is 552 g/mol. The second-order valence-corrected chi connectivity index (χ2v) is 9.29. The van der Waals surface area contributed by atoms with E-state index in [0.29, 0.717) is 28.3 Å². The predicted octanol–water partition coefficient (Wildman–Crippen LogP) is 2.15. The second kappa shape index (κ2) is 11.9. The van der Waals surface area contributed by atoms with Crippen LogP contribution in [0.1, 0.15) is 23.6 Å². The van der Waals surface area contributed by atoms with Crippen LogP contribution in [0.3, 0.4) is 0 Å². The van der Waals surface area contributed by atoms with Gasteiger partial charge in [0, 0.05) is 10.6 Å². The van der Waals surface area contributed by atoms with Crippen LogP contribution in [0.25, 0.3) is 0 Å². The maximum Gasteiger partial charge on any atom is 0.508 e. The summed E-state index contributed by atoms with van der Waals surface area (Å²) in [6, 6.07) is 12.4. The van der Waals surface area contributed by atoms with Gasteiger partial charge in [-0.2, -0.15) is 0 Å². The first-order valence-corrected chi connectivity index (χ1v) is 12.4. The van der Waals surface area contributed by atoms with Gasteiger partial charge in [-0.3, -0.25) is 0 Å². The monoisotopic (exact) mass is 551 g/mol. The van der Waals surface area contributed by atoms with Crippen molar-refractivity contribution in [3.63, 3.8) is 0 Å². The molecule has 11 nitrogen and oxygen atoms in total. The van der Waals surface area contributed by atoms with E-state index in [2.05, 4.69) is 9.99 Å². The number of fused-ring (bicyclic) bond motifs is 2. The van der Waals surface area contributed by atoms with E-state index in [1.54, 1.807) is 25.1 Å². The lowest BCUT2D eigenvalue weighted by atomic mass is 9.83. The van der Waals surface area contributed by atoms with Gasteiger partial charge in [-0.05, 0) is 48.7 Å². The van der Waals surface area contributed by atoms with Gasteiger partial charge < -0.3 is 43.8 Å². The highest BCUT2D eigenvalue weighted by Crippen LogP contribution is 2.50. The van der Waals surface area contributed by atoms with E-state index >= 15 is 0 Å². The summed E-state index contributed by atoms with van der Waals surface area (Å²) in [5.74, 6) is -1.17. The zero-order valence-electron chi connectivity index (χ0n) is 20.9. The number of carbonyl (C=O) groups excluding carboxylic acids is 1. The van der Waals surface area contributed by atoms with Crippen molar-refractivity contribution in [2.75, 3.05) is 33.5 Å². The van der Waals surface area contributed by atoms with E-state index in [1.807, 2.05) is 24.3 Å². The third-order valence-electron chi connectivity index (χ3n) is 6.43. The molecular formula is C26H30ClNO10. The van der Waals surface area contributed by atoms with Crippen LogP contribution < -0.4 is 4.74 Å². The number of benzene rings is 2. The summed E-state index contributed by atoms with van der Waals surface area (Å²) in [6.07, 6.45) is -3.88. The fourth-order valence-corrected chi connectivity index (χ4v) is 4.67. The van der Waals surface area contributed by atoms with Gasteiger partial charge in [-0.25, -0.2) is 4.79 Å². The van der Waals surface area contributed by atoms with Crippen molar-refractivity contribution in [1.29, 1.82) is 0 Å². The van der Waals surface area contributed by atoms with Crippen molar-refractivity contribution in [2.24, 2.45) is 5.16 Å². The molecule has 0 spiro atoms.